The molecule has 0 unspecified atom stereocenters. The smallest absolute Gasteiger partial charge is 0.416 e. The van der Waals surface area contributed by atoms with Gasteiger partial charge in [-0.2, -0.15) is 26.3 Å². The van der Waals surface area contributed by atoms with Gasteiger partial charge in [-0.05, 0) is 107 Å². The number of nitrogens with zero attached hydrogens (tertiary/aromatic N) is 8. The lowest BCUT2D eigenvalue weighted by Crippen LogP contribution is -2.56. The Labute approximate surface area is 400 Å². The van der Waals surface area contributed by atoms with Gasteiger partial charge in [0, 0.05) is 61.1 Å². The molecule has 20 heteroatoms. The quantitative estimate of drug-likeness (QED) is 0.132. The summed E-state index contributed by atoms with van der Waals surface area (Å²) in [6.45, 7) is 9.47. The Balaban J connectivity index is 0.000000219. The number of piperidine rings is 2. The first kappa shape index (κ1) is 47.7. The van der Waals surface area contributed by atoms with E-state index in [2.05, 4.69) is 41.0 Å². The number of carbonyl (C=O) groups is 2. The minimum absolute atomic E-state index is 0.155. The minimum Gasteiger partial charge on any atom is -0.444 e. The van der Waals surface area contributed by atoms with Gasteiger partial charge in [0.15, 0.2) is 11.6 Å². The Hall–Kier alpha value is -7.38. The van der Waals surface area contributed by atoms with E-state index in [4.69, 9.17) is 9.72 Å². The number of pyridine rings is 2. The number of rotatable bonds is 7. The van der Waals surface area contributed by atoms with Crippen molar-refractivity contribution in [1.29, 1.82) is 0 Å². The van der Waals surface area contributed by atoms with Gasteiger partial charge in [0.05, 0.1) is 52.7 Å². The van der Waals surface area contributed by atoms with Gasteiger partial charge in [-0.25, -0.2) is 19.6 Å². The number of fused-ring (bicyclic) bond motifs is 8. The highest BCUT2D eigenvalue weighted by Gasteiger charge is 2.39. The van der Waals surface area contributed by atoms with Gasteiger partial charge >= 0.3 is 24.5 Å². The molecule has 4 aliphatic rings. The second-order valence-corrected chi connectivity index (χ2v) is 18.6. The largest absolute Gasteiger partial charge is 0.444 e. The number of hydrogen-bond donors (Lipinski definition) is 3. The number of halogens is 6. The summed E-state index contributed by atoms with van der Waals surface area (Å²) in [5.41, 5.74) is 3.33. The van der Waals surface area contributed by atoms with Gasteiger partial charge in [0.1, 0.15) is 11.3 Å². The van der Waals surface area contributed by atoms with E-state index in [1.165, 1.54) is 12.1 Å². The Morgan fingerprint density at radius 1 is 0.729 bits per heavy atom. The molecule has 3 amide bonds. The number of urea groups is 1. The number of nitrogens with one attached hydrogen (secondary N) is 3. The molecule has 0 radical (unpaired) electrons. The molecule has 3 N–H and O–H groups in total. The van der Waals surface area contributed by atoms with Gasteiger partial charge in [0.2, 0.25) is 0 Å². The van der Waals surface area contributed by atoms with E-state index in [1.807, 2.05) is 18.2 Å². The van der Waals surface area contributed by atoms with Crippen LogP contribution in [0.3, 0.4) is 0 Å². The summed E-state index contributed by atoms with van der Waals surface area (Å²) in [6, 6.07) is 24.6. The summed E-state index contributed by atoms with van der Waals surface area (Å²) in [7, 11) is 0. The highest BCUT2D eigenvalue weighted by atomic mass is 19.4. The summed E-state index contributed by atoms with van der Waals surface area (Å²) in [4.78, 5) is 41.2. The van der Waals surface area contributed by atoms with Crippen molar-refractivity contribution < 1.29 is 40.7 Å². The molecule has 14 nitrogen and oxygen atoms in total. The highest BCUT2D eigenvalue weighted by molar-refractivity contribution is 6.05. The number of hydrogen-bond acceptors (Lipinski definition) is 10. The van der Waals surface area contributed by atoms with Gasteiger partial charge in [-0.3, -0.25) is 9.58 Å². The van der Waals surface area contributed by atoms with Gasteiger partial charge < -0.3 is 30.5 Å². The third kappa shape index (κ3) is 10.9. The molecular formula is C50H51F6N11O3. The van der Waals surface area contributed by atoms with Crippen LogP contribution in [0.15, 0.2) is 103 Å². The molecule has 2 saturated heterocycles. The highest BCUT2D eigenvalue weighted by Crippen LogP contribution is 2.41. The van der Waals surface area contributed by atoms with E-state index in [1.54, 1.807) is 79.0 Å². The Morgan fingerprint density at radius 3 is 2.01 bits per heavy atom. The summed E-state index contributed by atoms with van der Waals surface area (Å²) in [5.74, 6) is 1.18. The predicted molar refractivity (Wildman–Crippen MR) is 255 cm³/mol. The van der Waals surface area contributed by atoms with Crippen LogP contribution < -0.4 is 30.7 Å². The molecule has 0 spiro atoms. The molecule has 2 atom stereocenters. The number of ether oxygens (including phenoxy) is 1. The van der Waals surface area contributed by atoms with E-state index >= 15 is 0 Å². The number of anilines is 5. The first-order valence-corrected chi connectivity index (χ1v) is 23.1. The number of amides is 3. The molecule has 0 saturated carbocycles. The van der Waals surface area contributed by atoms with Crippen molar-refractivity contribution in [2.75, 3.05) is 58.1 Å². The van der Waals surface area contributed by atoms with Crippen LogP contribution in [0.4, 0.5) is 64.6 Å². The van der Waals surface area contributed by atoms with Crippen molar-refractivity contribution >= 4 is 40.8 Å². The molecule has 4 aliphatic heterocycles. The first-order valence-electron chi connectivity index (χ1n) is 23.1. The fourth-order valence-corrected chi connectivity index (χ4v) is 9.10. The molecule has 3 aromatic heterocycles. The zero-order valence-corrected chi connectivity index (χ0v) is 38.6. The van der Waals surface area contributed by atoms with Gasteiger partial charge in [-0.15, -0.1) is 5.10 Å². The molecule has 2 fully saturated rings. The zero-order chi connectivity index (χ0) is 49.4. The second-order valence-electron chi connectivity index (χ2n) is 18.6. The van der Waals surface area contributed by atoms with E-state index in [-0.39, 0.29) is 12.1 Å². The lowest BCUT2D eigenvalue weighted by molar-refractivity contribution is -0.138. The number of benzene rings is 3. The molecule has 10 rings (SSSR count). The van der Waals surface area contributed by atoms with Crippen molar-refractivity contribution in [3.8, 4) is 33.8 Å². The van der Waals surface area contributed by atoms with Crippen molar-refractivity contribution in [2.45, 2.75) is 83.0 Å². The molecule has 4 bridgehead atoms. The second kappa shape index (κ2) is 19.2. The van der Waals surface area contributed by atoms with Crippen molar-refractivity contribution in [3.63, 3.8) is 0 Å². The van der Waals surface area contributed by atoms with Crippen LogP contribution in [0.25, 0.3) is 33.8 Å². The van der Waals surface area contributed by atoms with E-state index < -0.39 is 35.2 Å². The zero-order valence-electron chi connectivity index (χ0n) is 38.6. The lowest BCUT2D eigenvalue weighted by atomic mass is 9.99. The Morgan fingerprint density at radius 2 is 1.34 bits per heavy atom. The van der Waals surface area contributed by atoms with E-state index in [0.717, 1.165) is 92.3 Å². The van der Waals surface area contributed by atoms with Crippen LogP contribution in [0, 0.1) is 0 Å². The third-order valence-corrected chi connectivity index (χ3v) is 12.3. The van der Waals surface area contributed by atoms with E-state index in [0.29, 0.717) is 65.4 Å². The normalized spacial score (nSPS) is 17.3. The summed E-state index contributed by atoms with van der Waals surface area (Å²) >= 11 is 0. The Bertz CT molecular complexity index is 2880. The van der Waals surface area contributed by atoms with Crippen LogP contribution in [-0.2, 0) is 23.6 Å². The maximum absolute atomic E-state index is 13.9. The molecule has 3 aromatic carbocycles. The number of alkyl carbamates (subject to hydrolysis) is 1. The summed E-state index contributed by atoms with van der Waals surface area (Å²) in [6.07, 6.45) is -3.69. The van der Waals surface area contributed by atoms with Crippen molar-refractivity contribution in [1.82, 2.24) is 30.3 Å². The molecule has 70 heavy (non-hydrogen) atoms. The minimum atomic E-state index is -4.49. The van der Waals surface area contributed by atoms with Crippen LogP contribution >= 0.6 is 0 Å². The SMILES string of the molecule is CC(C)(C)OC(=O)NCCn1cc(-c2cccc(NC(=O)N3c4nc(-c5cccc(C(F)(F)F)c5)ccc4N4CCC[C@H]3C4)c2)nn1.FC(F)(F)c1cccc(-c2ccc3c(n2)N[C@H]2CCCN3C2)c1. The van der Waals surface area contributed by atoms with Crippen LogP contribution in [0.5, 0.6) is 0 Å². The first-order chi connectivity index (χ1) is 33.3. The van der Waals surface area contributed by atoms with Crippen LogP contribution in [-0.4, -0.2) is 87.5 Å². The van der Waals surface area contributed by atoms with Crippen molar-refractivity contribution in [2.24, 2.45) is 0 Å². The molecule has 0 aliphatic carbocycles. The van der Waals surface area contributed by atoms with Gasteiger partial charge in [-0.1, -0.05) is 41.6 Å². The number of aromatic nitrogens is 5. The molecular weight excluding hydrogens is 917 g/mol. The average molecular weight is 968 g/mol. The maximum Gasteiger partial charge on any atom is 0.416 e. The average Bonchev–Trinajstić information content (AvgIpc) is 3.80. The standard InChI is InChI=1S/C33H35F3N8O3.C17H16F3N3/c1-32(2,3)47-31(46)37-14-16-43-20-27(40-41-43)22-8-5-10-24(18-22)38-30(45)44-25-11-6-15-42(19-25)28-13-12-26(39-29(28)44)21-7-4-9-23(17-21)33(34,35)36;18-17(19,20)12-4-1-3-11(9-12)14-6-7-15-16(22-14)21-13-5-2-8-23(15)10-13/h4-5,7-10,12-13,17-18,20,25H,6,11,14-16,19H2,1-3H3,(H,37,46)(H,38,45);1,3-4,6-7,9,13H,2,5,8,10H2,(H,21,22)/t25-;13-/m00/s1. The topological polar surface area (TPSA) is 146 Å². The molecule has 6 aromatic rings. The van der Waals surface area contributed by atoms with Crippen molar-refractivity contribution in [3.05, 3.63) is 114 Å². The fraction of sp³-hybridized carbons (Fsp3) is 0.360. The number of alkyl halides is 6. The fourth-order valence-electron chi connectivity index (χ4n) is 9.10. The lowest BCUT2D eigenvalue weighted by Gasteiger charge is -2.45. The van der Waals surface area contributed by atoms with E-state index in [9.17, 15) is 35.9 Å². The van der Waals surface area contributed by atoms with Crippen LogP contribution in [0.1, 0.15) is 57.6 Å². The number of carbonyl (C=O) groups excluding carboxylic acids is 2. The maximum atomic E-state index is 13.9. The molecule has 366 valence electrons. The summed E-state index contributed by atoms with van der Waals surface area (Å²) in [5, 5.41) is 17.5. The monoisotopic (exact) mass is 967 g/mol. The molecule has 7 heterocycles. The van der Waals surface area contributed by atoms with Crippen LogP contribution in [0.2, 0.25) is 0 Å². The Kier molecular flexibility index (Phi) is 13.1. The third-order valence-electron chi connectivity index (χ3n) is 12.3. The predicted octanol–water partition coefficient (Wildman–Crippen LogP) is 10.7. The van der Waals surface area contributed by atoms with Gasteiger partial charge in [0.25, 0.3) is 0 Å². The summed E-state index contributed by atoms with van der Waals surface area (Å²) < 4.78 is 85.8.